The fourth-order valence-electron chi connectivity index (χ4n) is 2.96. The van der Waals surface area contributed by atoms with E-state index in [0.717, 1.165) is 18.9 Å². The van der Waals surface area contributed by atoms with Gasteiger partial charge in [0.1, 0.15) is 11.6 Å². The minimum absolute atomic E-state index is 0.0287. The molecule has 1 fully saturated rings. The molecule has 18 heavy (non-hydrogen) atoms. The van der Waals surface area contributed by atoms with Crippen LogP contribution >= 0.6 is 0 Å². The number of nitrogens with two attached hydrogens (primary N) is 1. The van der Waals surface area contributed by atoms with Gasteiger partial charge < -0.3 is 5.73 Å². The van der Waals surface area contributed by atoms with E-state index in [2.05, 4.69) is 6.92 Å². The van der Waals surface area contributed by atoms with Gasteiger partial charge >= 0.3 is 0 Å². The molecule has 1 nitrogen and oxygen atoms in total. The third-order valence-electron chi connectivity index (χ3n) is 4.27. The van der Waals surface area contributed by atoms with Gasteiger partial charge in [-0.15, -0.1) is 0 Å². The van der Waals surface area contributed by atoms with Crippen molar-refractivity contribution in [3.8, 4) is 0 Å². The van der Waals surface area contributed by atoms with Crippen molar-refractivity contribution in [1.29, 1.82) is 0 Å². The zero-order valence-electron chi connectivity index (χ0n) is 10.9. The van der Waals surface area contributed by atoms with Gasteiger partial charge in [-0.1, -0.05) is 26.2 Å². The van der Waals surface area contributed by atoms with Crippen LogP contribution in [0.5, 0.6) is 0 Å². The van der Waals surface area contributed by atoms with E-state index in [-0.39, 0.29) is 11.5 Å². The Hall–Kier alpha value is -0.960. The van der Waals surface area contributed by atoms with E-state index >= 15 is 0 Å². The van der Waals surface area contributed by atoms with Crippen LogP contribution in [0, 0.1) is 17.0 Å². The maximum absolute atomic E-state index is 13.1. The van der Waals surface area contributed by atoms with Gasteiger partial charge in [0, 0.05) is 12.1 Å². The first-order valence-electron chi connectivity index (χ1n) is 6.70. The lowest BCUT2D eigenvalue weighted by Gasteiger charge is -2.39. The lowest BCUT2D eigenvalue weighted by Crippen LogP contribution is -2.42. The Morgan fingerprint density at radius 3 is 2.22 bits per heavy atom. The number of rotatable bonds is 3. The molecule has 1 saturated carbocycles. The number of hydrogen-bond acceptors (Lipinski definition) is 1. The van der Waals surface area contributed by atoms with Gasteiger partial charge in [0.05, 0.1) is 0 Å². The Morgan fingerprint density at radius 1 is 1.11 bits per heavy atom. The number of halogens is 2. The minimum Gasteiger partial charge on any atom is -0.327 e. The summed E-state index contributed by atoms with van der Waals surface area (Å²) >= 11 is 0. The lowest BCUT2D eigenvalue weighted by molar-refractivity contribution is 0.168. The highest BCUT2D eigenvalue weighted by molar-refractivity contribution is 5.19. The number of hydrogen-bond donors (Lipinski definition) is 1. The van der Waals surface area contributed by atoms with Crippen molar-refractivity contribution in [1.82, 2.24) is 0 Å². The Bertz CT molecular complexity index is 391. The molecule has 0 spiro atoms. The van der Waals surface area contributed by atoms with E-state index in [0.29, 0.717) is 12.0 Å². The summed E-state index contributed by atoms with van der Waals surface area (Å²) in [5, 5.41) is 0. The second-order valence-corrected chi connectivity index (χ2v) is 5.80. The van der Waals surface area contributed by atoms with Gasteiger partial charge in [-0.3, -0.25) is 0 Å². The van der Waals surface area contributed by atoms with Gasteiger partial charge in [0.2, 0.25) is 0 Å². The third kappa shape index (κ3) is 3.08. The molecule has 1 aliphatic rings. The quantitative estimate of drug-likeness (QED) is 0.871. The second-order valence-electron chi connectivity index (χ2n) is 5.80. The molecular formula is C15H21F2N. The summed E-state index contributed by atoms with van der Waals surface area (Å²) < 4.78 is 26.3. The van der Waals surface area contributed by atoms with E-state index in [4.69, 9.17) is 5.73 Å². The van der Waals surface area contributed by atoms with E-state index in [1.807, 2.05) is 0 Å². The van der Waals surface area contributed by atoms with Crippen molar-refractivity contribution in [2.75, 3.05) is 0 Å². The molecule has 1 aliphatic carbocycles. The van der Waals surface area contributed by atoms with Crippen molar-refractivity contribution in [3.63, 3.8) is 0 Å². The summed E-state index contributed by atoms with van der Waals surface area (Å²) in [7, 11) is 0. The Balaban J connectivity index is 2.08. The number of benzene rings is 1. The highest BCUT2D eigenvalue weighted by atomic mass is 19.1. The van der Waals surface area contributed by atoms with Crippen molar-refractivity contribution in [2.24, 2.45) is 11.1 Å². The van der Waals surface area contributed by atoms with E-state index in [9.17, 15) is 8.78 Å². The monoisotopic (exact) mass is 253 g/mol. The molecular weight excluding hydrogens is 232 g/mol. The van der Waals surface area contributed by atoms with Gasteiger partial charge in [-0.2, -0.15) is 0 Å². The first-order chi connectivity index (χ1) is 8.49. The molecule has 2 N–H and O–H groups in total. The highest BCUT2D eigenvalue weighted by Crippen LogP contribution is 2.39. The minimum atomic E-state index is -0.522. The molecule has 0 saturated heterocycles. The fourth-order valence-corrected chi connectivity index (χ4v) is 2.96. The Kier molecular flexibility index (Phi) is 4.00. The average Bonchev–Trinajstić information content (AvgIpc) is 2.28. The van der Waals surface area contributed by atoms with Gasteiger partial charge in [0.25, 0.3) is 0 Å². The van der Waals surface area contributed by atoms with E-state index in [1.54, 1.807) is 0 Å². The Labute approximate surface area is 107 Å². The molecule has 100 valence electrons. The molecule has 0 radical (unpaired) electrons. The molecule has 0 bridgehead atoms. The van der Waals surface area contributed by atoms with Crippen molar-refractivity contribution in [2.45, 2.75) is 51.5 Å². The Morgan fingerprint density at radius 2 is 1.67 bits per heavy atom. The van der Waals surface area contributed by atoms with Gasteiger partial charge in [-0.05, 0) is 42.4 Å². The summed E-state index contributed by atoms with van der Waals surface area (Å²) in [5.41, 5.74) is 7.04. The van der Waals surface area contributed by atoms with Crippen LogP contribution < -0.4 is 5.73 Å². The first-order valence-corrected chi connectivity index (χ1v) is 6.70. The van der Waals surface area contributed by atoms with Crippen molar-refractivity contribution in [3.05, 3.63) is 35.4 Å². The highest BCUT2D eigenvalue weighted by Gasteiger charge is 2.33. The molecule has 0 amide bonds. The predicted octanol–water partition coefficient (Wildman–Crippen LogP) is 3.81. The molecule has 1 aromatic rings. The molecule has 1 unspecified atom stereocenters. The third-order valence-corrected chi connectivity index (χ3v) is 4.27. The molecule has 2 rings (SSSR count). The van der Waals surface area contributed by atoms with Crippen molar-refractivity contribution >= 4 is 0 Å². The van der Waals surface area contributed by atoms with Crippen LogP contribution in [0.1, 0.15) is 44.6 Å². The molecule has 1 atom stereocenters. The maximum Gasteiger partial charge on any atom is 0.126 e. The second kappa shape index (κ2) is 5.35. The van der Waals surface area contributed by atoms with Crippen LogP contribution in [-0.4, -0.2) is 6.04 Å². The average molecular weight is 253 g/mol. The van der Waals surface area contributed by atoms with Crippen LogP contribution in [0.2, 0.25) is 0 Å². The van der Waals surface area contributed by atoms with E-state index in [1.165, 1.54) is 31.4 Å². The maximum atomic E-state index is 13.1. The predicted molar refractivity (Wildman–Crippen MR) is 69.2 cm³/mol. The summed E-state index contributed by atoms with van der Waals surface area (Å²) in [5.74, 6) is -1.04. The molecule has 3 heteroatoms. The summed E-state index contributed by atoms with van der Waals surface area (Å²) in [6.45, 7) is 2.20. The molecule has 0 heterocycles. The van der Waals surface area contributed by atoms with Crippen LogP contribution in [0.15, 0.2) is 18.2 Å². The topological polar surface area (TPSA) is 26.0 Å². The summed E-state index contributed by atoms with van der Waals surface area (Å²) in [6, 6.07) is 3.64. The molecule has 1 aromatic carbocycles. The standard InChI is InChI=1S/C15H21F2N/c1-15(5-3-2-4-6-15)14(18)9-11-7-12(16)10-13(17)8-11/h7-8,10,14H,2-6,9,18H2,1H3. The first kappa shape index (κ1) is 13.5. The largest absolute Gasteiger partial charge is 0.327 e. The summed E-state index contributed by atoms with van der Waals surface area (Å²) in [4.78, 5) is 0. The van der Waals surface area contributed by atoms with Gasteiger partial charge in [0.15, 0.2) is 0 Å². The van der Waals surface area contributed by atoms with Crippen molar-refractivity contribution < 1.29 is 8.78 Å². The van der Waals surface area contributed by atoms with Crippen LogP contribution in [-0.2, 0) is 6.42 Å². The van der Waals surface area contributed by atoms with Crippen LogP contribution in [0.25, 0.3) is 0 Å². The zero-order chi connectivity index (χ0) is 13.2. The van der Waals surface area contributed by atoms with Gasteiger partial charge in [-0.25, -0.2) is 8.78 Å². The van der Waals surface area contributed by atoms with Crippen LogP contribution in [0.3, 0.4) is 0 Å². The zero-order valence-corrected chi connectivity index (χ0v) is 10.9. The van der Waals surface area contributed by atoms with Crippen LogP contribution in [0.4, 0.5) is 8.78 Å². The molecule has 0 aromatic heterocycles. The van der Waals surface area contributed by atoms with E-state index < -0.39 is 11.6 Å². The lowest BCUT2D eigenvalue weighted by atomic mass is 9.69. The summed E-state index contributed by atoms with van der Waals surface area (Å²) in [6.07, 6.45) is 6.48. The molecule has 0 aliphatic heterocycles. The smallest absolute Gasteiger partial charge is 0.126 e. The fraction of sp³-hybridized carbons (Fsp3) is 0.600. The normalized spacial score (nSPS) is 20.7. The SMILES string of the molecule is CC1(C(N)Cc2cc(F)cc(F)c2)CCCCC1.